The van der Waals surface area contributed by atoms with Gasteiger partial charge in [-0.15, -0.1) is 0 Å². The standard InChI is InChI=1S/C22H25N3O2/c1-3-27-21-12-10-19(11-13-21)17(2)24-22(26)14-9-18-15-23-25(16-18)20-7-5-4-6-8-20/h4-8,10-13,15-17H,3,9,14H2,1-2H3,(H,24,26). The second kappa shape index (κ2) is 9.03. The van der Waals surface area contributed by atoms with Crippen LogP contribution in [0.4, 0.5) is 0 Å². The second-order valence-electron chi connectivity index (χ2n) is 6.42. The van der Waals surface area contributed by atoms with Crippen molar-refractivity contribution in [1.29, 1.82) is 0 Å². The normalized spacial score (nSPS) is 11.8. The van der Waals surface area contributed by atoms with Crippen LogP contribution in [0.2, 0.25) is 0 Å². The summed E-state index contributed by atoms with van der Waals surface area (Å²) in [6.07, 6.45) is 4.88. The minimum absolute atomic E-state index is 0.0313. The fraction of sp³-hybridized carbons (Fsp3) is 0.273. The second-order valence-corrected chi connectivity index (χ2v) is 6.42. The van der Waals surface area contributed by atoms with E-state index >= 15 is 0 Å². The molecule has 0 saturated carbocycles. The van der Waals surface area contributed by atoms with Crippen LogP contribution in [0.3, 0.4) is 0 Å². The number of rotatable bonds is 8. The molecule has 5 heteroatoms. The molecule has 3 aromatic rings. The molecule has 0 radical (unpaired) electrons. The molecule has 27 heavy (non-hydrogen) atoms. The van der Waals surface area contributed by atoms with Gasteiger partial charge in [-0.25, -0.2) is 4.68 Å². The first-order valence-electron chi connectivity index (χ1n) is 9.27. The first-order valence-corrected chi connectivity index (χ1v) is 9.27. The first kappa shape index (κ1) is 18.7. The molecule has 1 unspecified atom stereocenters. The molecule has 140 valence electrons. The van der Waals surface area contributed by atoms with E-state index < -0.39 is 0 Å². The quantitative estimate of drug-likeness (QED) is 0.656. The molecule has 3 rings (SSSR count). The van der Waals surface area contributed by atoms with Gasteiger partial charge in [0.05, 0.1) is 24.5 Å². The van der Waals surface area contributed by atoms with Gasteiger partial charge in [-0.05, 0) is 55.7 Å². The lowest BCUT2D eigenvalue weighted by Gasteiger charge is -2.15. The topological polar surface area (TPSA) is 56.1 Å². The van der Waals surface area contributed by atoms with Crippen LogP contribution >= 0.6 is 0 Å². The van der Waals surface area contributed by atoms with Crippen molar-refractivity contribution in [3.8, 4) is 11.4 Å². The maximum absolute atomic E-state index is 12.3. The molecule has 1 amide bonds. The number of nitrogens with one attached hydrogen (secondary N) is 1. The van der Waals surface area contributed by atoms with Gasteiger partial charge in [-0.2, -0.15) is 5.10 Å². The van der Waals surface area contributed by atoms with Crippen LogP contribution in [0.25, 0.3) is 5.69 Å². The van der Waals surface area contributed by atoms with Crippen molar-refractivity contribution in [3.63, 3.8) is 0 Å². The molecule has 0 aliphatic carbocycles. The number of ether oxygens (including phenoxy) is 1. The Balaban J connectivity index is 1.50. The van der Waals surface area contributed by atoms with Crippen molar-refractivity contribution in [2.24, 2.45) is 0 Å². The van der Waals surface area contributed by atoms with Gasteiger partial charge in [-0.3, -0.25) is 4.79 Å². The first-order chi connectivity index (χ1) is 13.2. The van der Waals surface area contributed by atoms with Crippen molar-refractivity contribution in [2.45, 2.75) is 32.7 Å². The van der Waals surface area contributed by atoms with Crippen LogP contribution < -0.4 is 10.1 Å². The summed E-state index contributed by atoms with van der Waals surface area (Å²) >= 11 is 0. The lowest BCUT2D eigenvalue weighted by atomic mass is 10.1. The van der Waals surface area contributed by atoms with E-state index in [4.69, 9.17) is 4.74 Å². The average Bonchev–Trinajstić information content (AvgIpc) is 3.17. The van der Waals surface area contributed by atoms with Gasteiger partial charge in [0.1, 0.15) is 5.75 Å². The zero-order valence-electron chi connectivity index (χ0n) is 15.8. The van der Waals surface area contributed by atoms with Crippen LogP contribution in [0.5, 0.6) is 5.75 Å². The van der Waals surface area contributed by atoms with Crippen molar-refractivity contribution in [1.82, 2.24) is 15.1 Å². The number of benzene rings is 2. The van der Waals surface area contributed by atoms with E-state index in [-0.39, 0.29) is 11.9 Å². The maximum Gasteiger partial charge on any atom is 0.220 e. The highest BCUT2D eigenvalue weighted by Gasteiger charge is 2.10. The van der Waals surface area contributed by atoms with Gasteiger partial charge in [0.15, 0.2) is 0 Å². The number of para-hydroxylation sites is 1. The number of amides is 1. The van der Waals surface area contributed by atoms with Gasteiger partial charge in [0.2, 0.25) is 5.91 Å². The molecule has 0 aliphatic heterocycles. The van der Waals surface area contributed by atoms with Gasteiger partial charge in [-0.1, -0.05) is 30.3 Å². The third kappa shape index (κ3) is 5.20. The molecule has 5 nitrogen and oxygen atoms in total. The average molecular weight is 363 g/mol. The highest BCUT2D eigenvalue weighted by Crippen LogP contribution is 2.18. The number of carbonyl (C=O) groups excluding carboxylic acids is 1. The molecular formula is C22H25N3O2. The summed E-state index contributed by atoms with van der Waals surface area (Å²) in [5.74, 6) is 0.874. The molecule has 0 saturated heterocycles. The van der Waals surface area contributed by atoms with Crippen molar-refractivity contribution < 1.29 is 9.53 Å². The van der Waals surface area contributed by atoms with Crippen LogP contribution in [-0.2, 0) is 11.2 Å². The summed E-state index contributed by atoms with van der Waals surface area (Å²) in [4.78, 5) is 12.3. The lowest BCUT2D eigenvalue weighted by molar-refractivity contribution is -0.121. The van der Waals surface area contributed by atoms with Crippen molar-refractivity contribution in [2.75, 3.05) is 6.61 Å². The number of hydrogen-bond donors (Lipinski definition) is 1. The van der Waals surface area contributed by atoms with Crippen LogP contribution in [-0.4, -0.2) is 22.3 Å². The van der Waals surface area contributed by atoms with E-state index in [2.05, 4.69) is 10.4 Å². The van der Waals surface area contributed by atoms with Crippen molar-refractivity contribution in [3.05, 3.63) is 78.1 Å². The Morgan fingerprint density at radius 1 is 1.15 bits per heavy atom. The van der Waals surface area contributed by atoms with E-state index in [9.17, 15) is 4.79 Å². The Labute approximate surface area is 160 Å². The predicted octanol–water partition coefficient (Wildman–Crippen LogP) is 4.08. The number of nitrogens with zero attached hydrogens (tertiary/aromatic N) is 2. The summed E-state index contributed by atoms with van der Waals surface area (Å²) in [6.45, 7) is 4.59. The fourth-order valence-corrected chi connectivity index (χ4v) is 2.89. The SMILES string of the molecule is CCOc1ccc(C(C)NC(=O)CCc2cnn(-c3ccccc3)c2)cc1. The highest BCUT2D eigenvalue weighted by molar-refractivity contribution is 5.76. The number of aromatic nitrogens is 2. The van der Waals surface area contributed by atoms with Gasteiger partial charge < -0.3 is 10.1 Å². The molecule has 0 bridgehead atoms. The number of hydrogen-bond acceptors (Lipinski definition) is 3. The van der Waals surface area contributed by atoms with E-state index in [0.29, 0.717) is 19.4 Å². The number of carbonyl (C=O) groups is 1. The monoisotopic (exact) mass is 363 g/mol. The van der Waals surface area contributed by atoms with Crippen molar-refractivity contribution >= 4 is 5.91 Å². The molecule has 0 spiro atoms. The molecule has 1 atom stereocenters. The van der Waals surface area contributed by atoms with Crippen LogP contribution in [0.15, 0.2) is 67.0 Å². The Hall–Kier alpha value is -3.08. The molecular weight excluding hydrogens is 338 g/mol. The summed E-state index contributed by atoms with van der Waals surface area (Å²) in [5.41, 5.74) is 3.11. The molecule has 0 aliphatic rings. The molecule has 1 aromatic heterocycles. The smallest absolute Gasteiger partial charge is 0.220 e. The summed E-state index contributed by atoms with van der Waals surface area (Å²) in [7, 11) is 0. The van der Waals surface area contributed by atoms with E-state index in [1.807, 2.05) is 85.5 Å². The van der Waals surface area contributed by atoms with Crippen LogP contribution in [0, 0.1) is 0 Å². The Kier molecular flexibility index (Phi) is 6.26. The Morgan fingerprint density at radius 3 is 2.59 bits per heavy atom. The minimum atomic E-state index is -0.0415. The Bertz CT molecular complexity index is 857. The predicted molar refractivity (Wildman–Crippen MR) is 106 cm³/mol. The zero-order chi connectivity index (χ0) is 19.1. The Morgan fingerprint density at radius 2 is 1.89 bits per heavy atom. The molecule has 0 fully saturated rings. The fourth-order valence-electron chi connectivity index (χ4n) is 2.89. The third-order valence-corrected chi connectivity index (χ3v) is 4.37. The summed E-state index contributed by atoms with van der Waals surface area (Å²) in [5, 5.41) is 7.42. The molecule has 1 heterocycles. The van der Waals surface area contributed by atoms with Crippen LogP contribution in [0.1, 0.15) is 37.4 Å². The van der Waals surface area contributed by atoms with Gasteiger partial charge in [0.25, 0.3) is 0 Å². The lowest BCUT2D eigenvalue weighted by Crippen LogP contribution is -2.26. The zero-order valence-corrected chi connectivity index (χ0v) is 15.8. The summed E-state index contributed by atoms with van der Waals surface area (Å²) < 4.78 is 7.28. The van der Waals surface area contributed by atoms with E-state index in [1.54, 1.807) is 0 Å². The molecule has 2 aromatic carbocycles. The van der Waals surface area contributed by atoms with Gasteiger partial charge >= 0.3 is 0 Å². The van der Waals surface area contributed by atoms with Gasteiger partial charge in [0, 0.05) is 12.6 Å². The third-order valence-electron chi connectivity index (χ3n) is 4.37. The minimum Gasteiger partial charge on any atom is -0.494 e. The highest BCUT2D eigenvalue weighted by atomic mass is 16.5. The largest absolute Gasteiger partial charge is 0.494 e. The maximum atomic E-state index is 12.3. The van der Waals surface area contributed by atoms with E-state index in [0.717, 1.165) is 22.6 Å². The number of aryl methyl sites for hydroxylation is 1. The van der Waals surface area contributed by atoms with E-state index in [1.165, 1.54) is 0 Å². The molecule has 1 N–H and O–H groups in total. The summed E-state index contributed by atoms with van der Waals surface area (Å²) in [6, 6.07) is 17.7.